The number of benzene rings is 3. The molecule has 3 aromatic carbocycles. The summed E-state index contributed by atoms with van der Waals surface area (Å²) in [4.78, 5) is 18.6. The van der Waals surface area contributed by atoms with E-state index in [1.807, 2.05) is 67.0 Å². The minimum Gasteiger partial charge on any atom is -1.00 e. The zero-order valence-electron chi connectivity index (χ0n) is 17.9. The predicted octanol–water partition coefficient (Wildman–Crippen LogP) is 1.54. The Morgan fingerprint density at radius 3 is 1.72 bits per heavy atom. The van der Waals surface area contributed by atoms with Gasteiger partial charge in [0.2, 0.25) is 0 Å². The molecule has 0 saturated carbocycles. The molecule has 164 valence electrons. The van der Waals surface area contributed by atoms with Crippen LogP contribution in [0, 0.1) is 6.92 Å². The van der Waals surface area contributed by atoms with Crippen LogP contribution in [-0.4, -0.2) is 23.7 Å². The lowest BCUT2D eigenvalue weighted by Crippen LogP contribution is -3.00. The van der Waals surface area contributed by atoms with Crippen molar-refractivity contribution in [2.75, 3.05) is 12.8 Å². The van der Waals surface area contributed by atoms with Crippen molar-refractivity contribution < 1.29 is 26.5 Å². The summed E-state index contributed by atoms with van der Waals surface area (Å²) < 4.78 is 5.76. The highest BCUT2D eigenvalue weighted by atomic mass is 79.9. The van der Waals surface area contributed by atoms with Crippen LogP contribution >= 0.6 is 18.6 Å². The smallest absolute Gasteiger partial charge is 0.345 e. The van der Waals surface area contributed by atoms with E-state index in [9.17, 15) is 4.79 Å². The van der Waals surface area contributed by atoms with E-state index in [1.54, 1.807) is 11.3 Å². The molecule has 32 heavy (non-hydrogen) atoms. The summed E-state index contributed by atoms with van der Waals surface area (Å²) in [5, 5.41) is 3.55. The average molecular weight is 526 g/mol. The zero-order valence-corrected chi connectivity index (χ0v) is 21.2. The molecule has 0 amide bonds. The molecule has 4 rings (SSSR count). The van der Waals surface area contributed by atoms with Gasteiger partial charge in [0.1, 0.15) is 23.2 Å². The highest BCUT2D eigenvalue weighted by Gasteiger charge is 2.47. The fourth-order valence-corrected chi connectivity index (χ4v) is 8.56. The van der Waals surface area contributed by atoms with Gasteiger partial charge in [0.15, 0.2) is 6.16 Å². The van der Waals surface area contributed by atoms with Crippen molar-refractivity contribution in [2.45, 2.75) is 13.3 Å². The maximum absolute atomic E-state index is 13.2. The molecule has 0 aliphatic carbocycles. The topological polar surface area (TPSA) is 39.2 Å². The van der Waals surface area contributed by atoms with E-state index in [0.29, 0.717) is 19.2 Å². The Hall–Kier alpha value is -2.33. The van der Waals surface area contributed by atoms with E-state index in [4.69, 9.17) is 4.74 Å². The maximum atomic E-state index is 13.2. The van der Waals surface area contributed by atoms with E-state index in [0.717, 1.165) is 5.69 Å². The van der Waals surface area contributed by atoms with Crippen LogP contribution < -0.4 is 32.9 Å². The average Bonchev–Trinajstić information content (AvgIpc) is 3.24. The maximum Gasteiger partial charge on any atom is 0.345 e. The van der Waals surface area contributed by atoms with Crippen LogP contribution in [0.5, 0.6) is 0 Å². The van der Waals surface area contributed by atoms with Gasteiger partial charge in [-0.25, -0.2) is 9.78 Å². The number of halogens is 1. The molecular weight excluding hydrogens is 501 g/mol. The monoisotopic (exact) mass is 525 g/mol. The summed E-state index contributed by atoms with van der Waals surface area (Å²) in [6, 6.07) is 31.2. The second kappa shape index (κ2) is 11.5. The van der Waals surface area contributed by atoms with Gasteiger partial charge in [-0.2, -0.15) is 0 Å². The van der Waals surface area contributed by atoms with E-state index < -0.39 is 7.26 Å². The standard InChI is InChI=1S/C26H25NO2PS.BrH/c1-21-25(31-20-27-21)17-18-29-26(28)19-30(22-11-5-2-6-12-22,23-13-7-3-8-14-23)24-15-9-4-10-16-24;/h2-16,20H,17-19H2,1H3;1H/q+1;/p-1. The molecule has 0 aliphatic heterocycles. The lowest BCUT2D eigenvalue weighted by Gasteiger charge is -2.26. The number of carbonyl (C=O) groups excluding carboxylic acids is 1. The number of nitrogens with zero attached hydrogens (tertiary/aromatic N) is 1. The van der Waals surface area contributed by atoms with Gasteiger partial charge in [0.25, 0.3) is 0 Å². The quantitative estimate of drug-likeness (QED) is 0.259. The second-order valence-electron chi connectivity index (χ2n) is 7.31. The summed E-state index contributed by atoms with van der Waals surface area (Å²) in [7, 11) is -2.20. The normalized spacial score (nSPS) is 10.9. The van der Waals surface area contributed by atoms with Crippen molar-refractivity contribution in [1.29, 1.82) is 0 Å². The van der Waals surface area contributed by atoms with Gasteiger partial charge in [-0.05, 0) is 43.3 Å². The van der Waals surface area contributed by atoms with Crippen molar-refractivity contribution >= 4 is 40.5 Å². The number of carbonyl (C=O) groups is 1. The molecule has 0 radical (unpaired) electrons. The Kier molecular flexibility index (Phi) is 8.75. The lowest BCUT2D eigenvalue weighted by molar-refractivity contribution is -0.140. The molecule has 0 saturated heterocycles. The molecule has 0 unspecified atom stereocenters. The summed E-state index contributed by atoms with van der Waals surface area (Å²) in [6.45, 7) is 2.37. The lowest BCUT2D eigenvalue weighted by atomic mass is 10.3. The molecule has 4 aromatic rings. The van der Waals surface area contributed by atoms with E-state index >= 15 is 0 Å². The van der Waals surface area contributed by atoms with Crippen LogP contribution in [0.3, 0.4) is 0 Å². The Balaban J connectivity index is 0.00000289. The fourth-order valence-electron chi connectivity index (χ4n) is 3.83. The molecule has 6 heteroatoms. The first-order valence-corrected chi connectivity index (χ1v) is 13.1. The van der Waals surface area contributed by atoms with E-state index in [1.165, 1.54) is 20.8 Å². The minimum atomic E-state index is -2.20. The van der Waals surface area contributed by atoms with Gasteiger partial charge in [0, 0.05) is 11.3 Å². The van der Waals surface area contributed by atoms with Gasteiger partial charge < -0.3 is 21.7 Å². The van der Waals surface area contributed by atoms with Crippen molar-refractivity contribution in [3.63, 3.8) is 0 Å². The first kappa shape index (κ1) is 24.3. The Labute approximate surface area is 204 Å². The third kappa shape index (κ3) is 5.35. The molecule has 0 spiro atoms. The first-order valence-electron chi connectivity index (χ1n) is 10.3. The molecule has 0 aliphatic rings. The van der Waals surface area contributed by atoms with Gasteiger partial charge in [-0.15, -0.1) is 11.3 Å². The van der Waals surface area contributed by atoms with Crippen molar-refractivity contribution in [3.05, 3.63) is 107 Å². The van der Waals surface area contributed by atoms with Crippen molar-refractivity contribution in [2.24, 2.45) is 0 Å². The number of rotatable bonds is 8. The van der Waals surface area contributed by atoms with Crippen LogP contribution in [0.4, 0.5) is 0 Å². The van der Waals surface area contributed by atoms with Crippen LogP contribution in [0.1, 0.15) is 10.6 Å². The molecule has 3 nitrogen and oxygen atoms in total. The second-order valence-corrected chi connectivity index (χ2v) is 11.7. The Bertz CT molecular complexity index is 1020. The number of aromatic nitrogens is 1. The summed E-state index contributed by atoms with van der Waals surface area (Å²) in [6.07, 6.45) is 1.04. The fraction of sp³-hybridized carbons (Fsp3) is 0.154. The largest absolute Gasteiger partial charge is 1.00 e. The number of hydrogen-bond donors (Lipinski definition) is 0. The highest BCUT2D eigenvalue weighted by molar-refractivity contribution is 7.96. The van der Waals surface area contributed by atoms with Crippen molar-refractivity contribution in [1.82, 2.24) is 4.98 Å². The molecule has 0 N–H and O–H groups in total. The Morgan fingerprint density at radius 1 is 0.844 bits per heavy atom. The number of aryl methyl sites for hydroxylation is 1. The highest BCUT2D eigenvalue weighted by Crippen LogP contribution is 2.55. The third-order valence-electron chi connectivity index (χ3n) is 5.39. The zero-order chi connectivity index (χ0) is 21.5. The molecule has 0 fully saturated rings. The van der Waals surface area contributed by atoms with Crippen LogP contribution in [0.15, 0.2) is 96.5 Å². The number of thiazole rings is 1. The van der Waals surface area contributed by atoms with E-state index in [-0.39, 0.29) is 23.0 Å². The number of esters is 1. The first-order chi connectivity index (χ1) is 15.2. The number of ether oxygens (including phenoxy) is 1. The number of hydrogen-bond acceptors (Lipinski definition) is 4. The predicted molar refractivity (Wildman–Crippen MR) is 132 cm³/mol. The van der Waals surface area contributed by atoms with Gasteiger partial charge in [0.05, 0.1) is 17.8 Å². The summed E-state index contributed by atoms with van der Waals surface area (Å²) in [5.74, 6) is -0.160. The molecule has 0 bridgehead atoms. The third-order valence-corrected chi connectivity index (χ3v) is 10.7. The van der Waals surface area contributed by atoms with E-state index in [2.05, 4.69) is 41.4 Å². The molecular formula is C26H25BrNO2PS. The minimum absolute atomic E-state index is 0. The van der Waals surface area contributed by atoms with Gasteiger partial charge in [-0.3, -0.25) is 0 Å². The molecule has 1 heterocycles. The molecule has 1 aromatic heterocycles. The SMILES string of the molecule is Cc1ncsc1CCOC(=O)C[P+](c1ccccc1)(c1ccccc1)c1ccccc1.[Br-]. The van der Waals surface area contributed by atoms with Gasteiger partial charge >= 0.3 is 5.97 Å². The molecule has 0 atom stereocenters. The van der Waals surface area contributed by atoms with Crippen LogP contribution in [0.2, 0.25) is 0 Å². The Morgan fingerprint density at radius 2 is 1.31 bits per heavy atom. The summed E-state index contributed by atoms with van der Waals surface area (Å²) >= 11 is 1.61. The van der Waals surface area contributed by atoms with Crippen LogP contribution in [-0.2, 0) is 16.0 Å². The van der Waals surface area contributed by atoms with Crippen LogP contribution in [0.25, 0.3) is 0 Å². The summed E-state index contributed by atoms with van der Waals surface area (Å²) in [5.41, 5.74) is 2.85. The van der Waals surface area contributed by atoms with Gasteiger partial charge in [-0.1, -0.05) is 54.6 Å². The van der Waals surface area contributed by atoms with Crippen molar-refractivity contribution in [3.8, 4) is 0 Å².